The summed E-state index contributed by atoms with van der Waals surface area (Å²) in [6.07, 6.45) is 0.614. The molecule has 0 spiro atoms. The van der Waals surface area contributed by atoms with E-state index in [4.69, 9.17) is 32.4 Å². The summed E-state index contributed by atoms with van der Waals surface area (Å²) in [5.41, 5.74) is 1.67. The number of hydrogen-bond donors (Lipinski definition) is 1. The van der Waals surface area contributed by atoms with Crippen LogP contribution in [-0.2, 0) is 14.8 Å². The van der Waals surface area contributed by atoms with E-state index in [1.807, 2.05) is 31.2 Å². The third-order valence-corrected chi connectivity index (χ3v) is 7.10. The van der Waals surface area contributed by atoms with Gasteiger partial charge in [0.1, 0.15) is 4.90 Å². The fourth-order valence-corrected chi connectivity index (χ4v) is 5.02. The molecule has 1 fully saturated rings. The van der Waals surface area contributed by atoms with E-state index in [0.29, 0.717) is 0 Å². The van der Waals surface area contributed by atoms with Crippen LogP contribution in [0.1, 0.15) is 47.7 Å². The Morgan fingerprint density at radius 1 is 1.16 bits per heavy atom. The molecule has 0 saturated heterocycles. The zero-order valence-corrected chi connectivity index (χ0v) is 19.5. The topological polar surface area (TPSA) is 111 Å². The van der Waals surface area contributed by atoms with Gasteiger partial charge < -0.3 is 9.15 Å². The number of aryl methyl sites for hydroxylation is 1. The summed E-state index contributed by atoms with van der Waals surface area (Å²) in [4.78, 5) is 12.5. The number of esters is 1. The summed E-state index contributed by atoms with van der Waals surface area (Å²) in [5.74, 6) is -0.480. The van der Waals surface area contributed by atoms with Crippen LogP contribution < -0.4 is 4.72 Å². The monoisotopic (exact) mass is 495 g/mol. The molecular weight excluding hydrogens is 477 g/mol. The lowest BCUT2D eigenvalue weighted by molar-refractivity contribution is 0.0280. The summed E-state index contributed by atoms with van der Waals surface area (Å²) in [6.45, 7) is 3.52. The van der Waals surface area contributed by atoms with E-state index in [2.05, 4.69) is 14.9 Å². The summed E-state index contributed by atoms with van der Waals surface area (Å²) in [7, 11) is -3.90. The Bertz CT molecular complexity index is 1270. The number of aromatic nitrogens is 2. The molecule has 1 aliphatic rings. The van der Waals surface area contributed by atoms with Crippen LogP contribution in [0.2, 0.25) is 10.0 Å². The quantitative estimate of drug-likeness (QED) is 0.472. The van der Waals surface area contributed by atoms with Crippen molar-refractivity contribution in [3.63, 3.8) is 0 Å². The minimum atomic E-state index is -3.90. The number of nitrogens with zero attached hydrogens (tertiary/aromatic N) is 2. The van der Waals surface area contributed by atoms with Crippen LogP contribution in [0.15, 0.2) is 45.7 Å². The molecule has 0 amide bonds. The molecule has 3 aromatic rings. The summed E-state index contributed by atoms with van der Waals surface area (Å²) < 4.78 is 38.7. The number of carbonyl (C=O) groups excluding carboxylic acids is 1. The molecule has 4 rings (SSSR count). The Morgan fingerprint density at radius 2 is 1.84 bits per heavy atom. The number of carbonyl (C=O) groups is 1. The Hall–Kier alpha value is -2.46. The second-order valence-electron chi connectivity index (χ2n) is 7.52. The zero-order chi connectivity index (χ0) is 23.0. The van der Waals surface area contributed by atoms with Gasteiger partial charge in [0.2, 0.25) is 15.9 Å². The van der Waals surface area contributed by atoms with Gasteiger partial charge in [-0.15, -0.1) is 10.2 Å². The van der Waals surface area contributed by atoms with E-state index in [1.54, 1.807) is 6.92 Å². The number of rotatable bonds is 7. The fourth-order valence-electron chi connectivity index (χ4n) is 2.86. The highest BCUT2D eigenvalue weighted by atomic mass is 35.5. The number of ether oxygens (including phenoxy) is 1. The van der Waals surface area contributed by atoms with Crippen molar-refractivity contribution in [3.05, 3.63) is 63.5 Å². The zero-order valence-electron chi connectivity index (χ0n) is 17.1. The number of benzene rings is 2. The first-order valence-corrected chi connectivity index (χ1v) is 12.0. The van der Waals surface area contributed by atoms with E-state index >= 15 is 0 Å². The van der Waals surface area contributed by atoms with Gasteiger partial charge in [0, 0.05) is 11.6 Å². The SMILES string of the molecule is Cc1ccc(-c2nnc(C(C)OC(=O)c3cc(S(=O)(=O)NC4CC4)c(Cl)cc3Cl)o2)cc1. The van der Waals surface area contributed by atoms with E-state index in [0.717, 1.165) is 30.0 Å². The Balaban J connectivity index is 1.53. The molecule has 2 aromatic carbocycles. The first-order valence-electron chi connectivity index (χ1n) is 9.77. The molecule has 1 saturated carbocycles. The van der Waals surface area contributed by atoms with Crippen molar-refractivity contribution in [2.45, 2.75) is 43.7 Å². The van der Waals surface area contributed by atoms with E-state index in [-0.39, 0.29) is 38.3 Å². The lowest BCUT2D eigenvalue weighted by atomic mass is 10.1. The maximum Gasteiger partial charge on any atom is 0.340 e. The van der Waals surface area contributed by atoms with Crippen molar-refractivity contribution in [3.8, 4) is 11.5 Å². The van der Waals surface area contributed by atoms with Crippen molar-refractivity contribution < 1.29 is 22.4 Å². The molecule has 1 unspecified atom stereocenters. The van der Waals surface area contributed by atoms with E-state index in [9.17, 15) is 13.2 Å². The van der Waals surface area contributed by atoms with Crippen molar-refractivity contribution in [1.29, 1.82) is 0 Å². The van der Waals surface area contributed by atoms with Gasteiger partial charge in [-0.3, -0.25) is 0 Å². The normalized spacial score (nSPS) is 14.9. The van der Waals surface area contributed by atoms with Gasteiger partial charge in [-0.1, -0.05) is 40.9 Å². The molecule has 8 nitrogen and oxygen atoms in total. The molecule has 11 heteroatoms. The summed E-state index contributed by atoms with van der Waals surface area (Å²) in [5, 5.41) is 7.80. The maximum absolute atomic E-state index is 12.7. The van der Waals surface area contributed by atoms with Crippen LogP contribution in [0, 0.1) is 6.92 Å². The predicted octanol–water partition coefficient (Wildman–Crippen LogP) is 4.71. The van der Waals surface area contributed by atoms with Crippen LogP contribution in [0.4, 0.5) is 0 Å². The number of sulfonamides is 1. The molecule has 0 radical (unpaired) electrons. The lowest BCUT2D eigenvalue weighted by Crippen LogP contribution is -2.26. The van der Waals surface area contributed by atoms with Gasteiger partial charge >= 0.3 is 5.97 Å². The van der Waals surface area contributed by atoms with Crippen LogP contribution in [0.3, 0.4) is 0 Å². The van der Waals surface area contributed by atoms with Crippen molar-refractivity contribution in [1.82, 2.24) is 14.9 Å². The number of halogens is 2. The maximum atomic E-state index is 12.7. The predicted molar refractivity (Wildman–Crippen MR) is 118 cm³/mol. The van der Waals surface area contributed by atoms with E-state index < -0.39 is 22.1 Å². The van der Waals surface area contributed by atoms with Gasteiger partial charge in [0.25, 0.3) is 5.89 Å². The second-order valence-corrected chi connectivity index (χ2v) is 10.0. The molecular formula is C21H19Cl2N3O5S. The lowest BCUT2D eigenvalue weighted by Gasteiger charge is -2.13. The second kappa shape index (κ2) is 8.82. The van der Waals surface area contributed by atoms with E-state index in [1.165, 1.54) is 6.07 Å². The van der Waals surface area contributed by atoms with Crippen LogP contribution in [0.25, 0.3) is 11.5 Å². The smallest absolute Gasteiger partial charge is 0.340 e. The molecule has 0 bridgehead atoms. The first-order chi connectivity index (χ1) is 15.1. The minimum absolute atomic E-state index is 0.0385. The van der Waals surface area contributed by atoms with Crippen LogP contribution in [-0.4, -0.2) is 30.6 Å². The van der Waals surface area contributed by atoms with Crippen molar-refractivity contribution in [2.75, 3.05) is 0 Å². The first kappa shape index (κ1) is 22.7. The largest absolute Gasteiger partial charge is 0.449 e. The Labute approximate surface area is 194 Å². The average Bonchev–Trinajstić information content (AvgIpc) is 3.38. The third-order valence-electron chi connectivity index (χ3n) is 4.80. The Kier molecular flexibility index (Phi) is 6.26. The fraction of sp³-hybridized carbons (Fsp3) is 0.286. The van der Waals surface area contributed by atoms with Gasteiger partial charge in [0.15, 0.2) is 6.10 Å². The standard InChI is InChI=1S/C21H19Cl2N3O5S/c1-11-3-5-13(6-4-11)20-25-24-19(31-20)12(2)30-21(27)15-9-18(17(23)10-16(15)22)32(28,29)26-14-7-8-14/h3-6,9-10,12,14,26H,7-8H2,1-2H3. The van der Waals surface area contributed by atoms with Crippen molar-refractivity contribution in [2.24, 2.45) is 0 Å². The molecule has 1 aromatic heterocycles. The molecule has 0 aliphatic heterocycles. The van der Waals surface area contributed by atoms with Gasteiger partial charge in [-0.25, -0.2) is 17.9 Å². The number of hydrogen-bond acceptors (Lipinski definition) is 7. The molecule has 32 heavy (non-hydrogen) atoms. The van der Waals surface area contributed by atoms with Crippen molar-refractivity contribution >= 4 is 39.2 Å². The third kappa shape index (κ3) is 4.96. The Morgan fingerprint density at radius 3 is 2.50 bits per heavy atom. The average molecular weight is 496 g/mol. The summed E-state index contributed by atoms with van der Waals surface area (Å²) >= 11 is 12.2. The van der Waals surface area contributed by atoms with Gasteiger partial charge in [-0.2, -0.15) is 0 Å². The number of nitrogens with one attached hydrogen (secondary N) is 1. The van der Waals surface area contributed by atoms with Crippen LogP contribution >= 0.6 is 23.2 Å². The molecule has 1 aliphatic carbocycles. The highest BCUT2D eigenvalue weighted by Gasteiger charge is 2.31. The van der Waals surface area contributed by atoms with Gasteiger partial charge in [0.05, 0.1) is 15.6 Å². The van der Waals surface area contributed by atoms with Crippen LogP contribution in [0.5, 0.6) is 0 Å². The highest BCUT2D eigenvalue weighted by Crippen LogP contribution is 2.32. The molecule has 1 heterocycles. The van der Waals surface area contributed by atoms with Gasteiger partial charge in [-0.05, 0) is 51.0 Å². The molecule has 1 N–H and O–H groups in total. The molecule has 1 atom stereocenters. The highest BCUT2D eigenvalue weighted by molar-refractivity contribution is 7.89. The minimum Gasteiger partial charge on any atom is -0.449 e. The molecule has 168 valence electrons. The summed E-state index contributed by atoms with van der Waals surface area (Å²) in [6, 6.07) is 9.69.